The smallest absolute Gasteiger partial charge is 0.339 e. The van der Waals surface area contributed by atoms with Crippen LogP contribution in [0.3, 0.4) is 0 Å². The maximum absolute atomic E-state index is 13.3. The van der Waals surface area contributed by atoms with E-state index in [1.54, 1.807) is 30.3 Å². The van der Waals surface area contributed by atoms with Gasteiger partial charge in [-0.3, -0.25) is 9.59 Å². The van der Waals surface area contributed by atoms with Gasteiger partial charge in [-0.25, -0.2) is 4.79 Å². The number of cyclic esters (lactones) is 1. The largest absolute Gasteiger partial charge is 0.489 e. The second-order valence-corrected chi connectivity index (χ2v) is 10.7. The van der Waals surface area contributed by atoms with E-state index in [9.17, 15) is 29.7 Å². The summed E-state index contributed by atoms with van der Waals surface area (Å²) in [7, 11) is 0. The zero-order chi connectivity index (χ0) is 30.2. The van der Waals surface area contributed by atoms with E-state index in [1.165, 1.54) is 6.92 Å². The zero-order valence-corrected chi connectivity index (χ0v) is 23.2. The first kappa shape index (κ1) is 28.7. The van der Waals surface area contributed by atoms with Crippen LogP contribution in [0.5, 0.6) is 17.2 Å². The van der Waals surface area contributed by atoms with Crippen molar-refractivity contribution in [3.05, 3.63) is 52.6 Å². The van der Waals surface area contributed by atoms with Crippen LogP contribution in [0, 0.1) is 5.92 Å². The standard InChI is InChI=1S/C31H30O12/c1-15(35)42-26-8-19(7-24(36)22(26)11-38-13-34)43-30-21-5-18(10-33)17(9-32)4-20(21)28(29-23(30)12-39-31(29)37)16-2-3-25-27(6-16)41-14-40-25/h2-6,13,19,22,24,26,32-33,36H,7-12,14H2,1H3/t19-,22+,24-,26-/m0/s1. The van der Waals surface area contributed by atoms with Crippen LogP contribution in [0.25, 0.3) is 21.9 Å². The lowest BCUT2D eigenvalue weighted by atomic mass is 9.82. The molecule has 0 saturated heterocycles. The molecule has 12 nitrogen and oxygen atoms in total. The number of rotatable bonds is 9. The number of hydrogen-bond donors (Lipinski definition) is 3. The molecule has 0 spiro atoms. The topological polar surface area (TPSA) is 167 Å². The van der Waals surface area contributed by atoms with E-state index in [-0.39, 0.29) is 58.1 Å². The van der Waals surface area contributed by atoms with Crippen molar-refractivity contribution in [3.63, 3.8) is 0 Å². The number of esters is 2. The molecule has 0 amide bonds. The molecule has 3 aliphatic rings. The first-order chi connectivity index (χ1) is 20.8. The minimum absolute atomic E-state index is 0.0741. The molecule has 1 fully saturated rings. The molecular formula is C31H30O12. The number of carbonyl (C=O) groups is 3. The molecule has 3 N–H and O–H groups in total. The molecule has 4 atom stereocenters. The Morgan fingerprint density at radius 3 is 2.47 bits per heavy atom. The Morgan fingerprint density at radius 1 is 1.00 bits per heavy atom. The molecule has 0 radical (unpaired) electrons. The molecule has 3 aromatic carbocycles. The number of benzene rings is 3. The van der Waals surface area contributed by atoms with Gasteiger partial charge in [0.1, 0.15) is 24.6 Å². The van der Waals surface area contributed by atoms with Gasteiger partial charge in [0.25, 0.3) is 6.47 Å². The van der Waals surface area contributed by atoms with Gasteiger partial charge in [-0.1, -0.05) is 6.07 Å². The van der Waals surface area contributed by atoms with Crippen molar-refractivity contribution in [2.24, 2.45) is 5.92 Å². The molecule has 0 aromatic heterocycles. The molecule has 2 heterocycles. The Kier molecular flexibility index (Phi) is 7.82. The number of carbonyl (C=O) groups excluding carboxylic acids is 3. The van der Waals surface area contributed by atoms with Crippen LogP contribution in [-0.4, -0.2) is 65.4 Å². The highest BCUT2D eigenvalue weighted by Crippen LogP contribution is 2.48. The highest BCUT2D eigenvalue weighted by atomic mass is 16.7. The minimum Gasteiger partial charge on any atom is -0.489 e. The van der Waals surface area contributed by atoms with Crippen molar-refractivity contribution in [2.45, 2.75) is 57.9 Å². The summed E-state index contributed by atoms with van der Waals surface area (Å²) in [6, 6.07) is 8.74. The number of ether oxygens (including phenoxy) is 6. The average Bonchev–Trinajstić information content (AvgIpc) is 3.62. The van der Waals surface area contributed by atoms with Gasteiger partial charge in [0, 0.05) is 36.3 Å². The third-order valence-corrected chi connectivity index (χ3v) is 8.16. The van der Waals surface area contributed by atoms with Crippen LogP contribution >= 0.6 is 0 Å². The predicted octanol–water partition coefficient (Wildman–Crippen LogP) is 2.51. The zero-order valence-electron chi connectivity index (χ0n) is 23.2. The minimum atomic E-state index is -1.03. The molecule has 1 aliphatic carbocycles. The van der Waals surface area contributed by atoms with Crippen LogP contribution in [0.1, 0.15) is 46.8 Å². The maximum atomic E-state index is 13.3. The molecule has 0 unspecified atom stereocenters. The first-order valence-electron chi connectivity index (χ1n) is 13.8. The monoisotopic (exact) mass is 594 g/mol. The highest BCUT2D eigenvalue weighted by Gasteiger charge is 2.42. The second kappa shape index (κ2) is 11.7. The normalized spacial score (nSPS) is 22.2. The van der Waals surface area contributed by atoms with Crippen LogP contribution in [-0.2, 0) is 43.6 Å². The summed E-state index contributed by atoms with van der Waals surface area (Å²) in [5.41, 5.74) is 2.90. The molecular weight excluding hydrogens is 564 g/mol. The van der Waals surface area contributed by atoms with E-state index >= 15 is 0 Å². The van der Waals surface area contributed by atoms with Gasteiger partial charge in [-0.05, 0) is 46.3 Å². The lowest BCUT2D eigenvalue weighted by molar-refractivity contribution is -0.163. The molecule has 2 aliphatic heterocycles. The Hall–Kier alpha value is -4.39. The van der Waals surface area contributed by atoms with Crippen molar-refractivity contribution in [1.82, 2.24) is 0 Å². The fraction of sp³-hybridized carbons (Fsp3) is 0.387. The van der Waals surface area contributed by atoms with Gasteiger partial charge in [0.05, 0.1) is 37.4 Å². The summed E-state index contributed by atoms with van der Waals surface area (Å²) in [6.45, 7) is 0.676. The summed E-state index contributed by atoms with van der Waals surface area (Å²) < 4.78 is 33.5. The van der Waals surface area contributed by atoms with Gasteiger partial charge in [0.2, 0.25) is 6.79 Å². The number of hydrogen-bond acceptors (Lipinski definition) is 12. The lowest BCUT2D eigenvalue weighted by Gasteiger charge is -2.38. The fourth-order valence-electron chi connectivity index (χ4n) is 6.20. The Morgan fingerprint density at radius 2 is 1.74 bits per heavy atom. The molecule has 43 heavy (non-hydrogen) atoms. The SMILES string of the molecule is CC(=O)O[C@H]1C[C@@H](Oc2c3c(c(-c4ccc5c(c4)OCO5)c4cc(CO)c(CO)cc24)C(=O)OC3)C[C@H](O)[C@H]1COC=O. The van der Waals surface area contributed by atoms with Gasteiger partial charge in [0.15, 0.2) is 11.5 Å². The van der Waals surface area contributed by atoms with Crippen LogP contribution < -0.4 is 14.2 Å². The van der Waals surface area contributed by atoms with Crippen LogP contribution in [0.2, 0.25) is 0 Å². The molecule has 12 heteroatoms. The lowest BCUT2D eigenvalue weighted by Crippen LogP contribution is -2.47. The van der Waals surface area contributed by atoms with Crippen molar-refractivity contribution in [1.29, 1.82) is 0 Å². The maximum Gasteiger partial charge on any atom is 0.339 e. The van der Waals surface area contributed by atoms with Crippen molar-refractivity contribution >= 4 is 29.2 Å². The first-order valence-corrected chi connectivity index (χ1v) is 13.8. The second-order valence-electron chi connectivity index (χ2n) is 10.7. The third-order valence-electron chi connectivity index (χ3n) is 8.16. The van der Waals surface area contributed by atoms with Gasteiger partial charge >= 0.3 is 11.9 Å². The van der Waals surface area contributed by atoms with E-state index in [0.29, 0.717) is 55.8 Å². The predicted molar refractivity (Wildman–Crippen MR) is 147 cm³/mol. The van der Waals surface area contributed by atoms with E-state index in [4.69, 9.17) is 28.4 Å². The van der Waals surface area contributed by atoms with E-state index < -0.39 is 36.2 Å². The summed E-state index contributed by atoms with van der Waals surface area (Å²) in [5, 5.41) is 32.3. The van der Waals surface area contributed by atoms with Crippen LogP contribution in [0.4, 0.5) is 0 Å². The van der Waals surface area contributed by atoms with E-state index in [2.05, 4.69) is 0 Å². The summed E-state index contributed by atoms with van der Waals surface area (Å²) >= 11 is 0. The Labute approximate surface area is 245 Å². The summed E-state index contributed by atoms with van der Waals surface area (Å²) in [4.78, 5) is 35.9. The Balaban J connectivity index is 1.50. The van der Waals surface area contributed by atoms with Gasteiger partial charge in [-0.2, -0.15) is 0 Å². The molecule has 6 rings (SSSR count). The number of fused-ring (bicyclic) bond motifs is 3. The number of aliphatic hydroxyl groups is 3. The molecule has 226 valence electrons. The van der Waals surface area contributed by atoms with Crippen molar-refractivity contribution in [3.8, 4) is 28.4 Å². The van der Waals surface area contributed by atoms with Gasteiger partial charge < -0.3 is 43.7 Å². The molecule has 1 saturated carbocycles. The van der Waals surface area contributed by atoms with Crippen LogP contribution in [0.15, 0.2) is 30.3 Å². The van der Waals surface area contributed by atoms with E-state index in [0.717, 1.165) is 0 Å². The van der Waals surface area contributed by atoms with E-state index in [1.807, 2.05) is 0 Å². The molecule has 0 bridgehead atoms. The number of aliphatic hydroxyl groups excluding tert-OH is 3. The van der Waals surface area contributed by atoms with Crippen molar-refractivity contribution < 1.29 is 58.1 Å². The van der Waals surface area contributed by atoms with Gasteiger partial charge in [-0.15, -0.1) is 0 Å². The summed E-state index contributed by atoms with van der Waals surface area (Å²) in [5.74, 6) is -0.360. The average molecular weight is 595 g/mol. The quantitative estimate of drug-likeness (QED) is 0.188. The fourth-order valence-corrected chi connectivity index (χ4v) is 6.20. The summed E-state index contributed by atoms with van der Waals surface area (Å²) in [6.07, 6.45) is -2.19. The Bertz CT molecular complexity index is 1600. The highest BCUT2D eigenvalue weighted by molar-refractivity contribution is 6.13. The molecule has 3 aromatic rings. The third kappa shape index (κ3) is 5.22. The van der Waals surface area contributed by atoms with Crippen molar-refractivity contribution in [2.75, 3.05) is 13.4 Å².